The summed E-state index contributed by atoms with van der Waals surface area (Å²) in [5, 5.41) is 40.2. The van der Waals surface area contributed by atoms with E-state index in [4.69, 9.17) is 25.5 Å². The predicted molar refractivity (Wildman–Crippen MR) is 108 cm³/mol. The Labute approximate surface area is 169 Å². The first-order valence-electron chi connectivity index (χ1n) is 8.06. The summed E-state index contributed by atoms with van der Waals surface area (Å²) in [6.07, 6.45) is 0.833. The van der Waals surface area contributed by atoms with Crippen molar-refractivity contribution in [3.63, 3.8) is 0 Å². The van der Waals surface area contributed by atoms with Gasteiger partial charge in [0, 0.05) is 11.6 Å². The van der Waals surface area contributed by atoms with Gasteiger partial charge in [0.15, 0.2) is 0 Å². The molecule has 0 atom stereocenters. The van der Waals surface area contributed by atoms with Gasteiger partial charge >= 0.3 is 17.9 Å². The molecule has 0 unspecified atom stereocenters. The molecule has 0 amide bonds. The number of carbonyl (C=O) groups is 3. The van der Waals surface area contributed by atoms with Crippen LogP contribution in [0.25, 0.3) is 5.57 Å². The number of ether oxygens (including phenoxy) is 1. The average Bonchev–Trinajstić information content (AvgIpc) is 2.69. The Kier molecular flexibility index (Phi) is 22.1. The Morgan fingerprint density at radius 3 is 1.55 bits per heavy atom. The van der Waals surface area contributed by atoms with E-state index in [9.17, 15) is 14.4 Å². The molecule has 0 aliphatic carbocycles. The first-order chi connectivity index (χ1) is 13.5. The topological polar surface area (TPSA) is 162 Å². The largest absolute Gasteiger partial charge is 0.478 e. The second-order valence-electron chi connectivity index (χ2n) is 4.84. The minimum Gasteiger partial charge on any atom is -0.478 e. The first kappa shape index (κ1) is 30.5. The van der Waals surface area contributed by atoms with Crippen LogP contribution in [0.3, 0.4) is 0 Å². The van der Waals surface area contributed by atoms with E-state index in [1.807, 2.05) is 6.07 Å². The molecule has 0 saturated carbocycles. The minimum atomic E-state index is -0.981. The van der Waals surface area contributed by atoms with Gasteiger partial charge in [-0.2, -0.15) is 0 Å². The fraction of sp³-hybridized carbons (Fsp3) is 0.250. The highest BCUT2D eigenvalue weighted by molar-refractivity contribution is 6.14. The lowest BCUT2D eigenvalue weighted by molar-refractivity contribution is -0.133. The van der Waals surface area contributed by atoms with Gasteiger partial charge in [0.2, 0.25) is 0 Å². The Bertz CT molecular complexity index is 621. The maximum atomic E-state index is 10.4. The molecular formula is C20H28O9. The van der Waals surface area contributed by atoms with Gasteiger partial charge in [-0.25, -0.2) is 14.4 Å². The zero-order valence-corrected chi connectivity index (χ0v) is 16.3. The van der Waals surface area contributed by atoms with E-state index in [1.54, 1.807) is 24.3 Å². The van der Waals surface area contributed by atoms with Crippen LogP contribution in [0.2, 0.25) is 0 Å². The molecule has 0 aliphatic rings. The maximum absolute atomic E-state index is 10.4. The number of benzene rings is 1. The van der Waals surface area contributed by atoms with E-state index in [0.29, 0.717) is 18.8 Å². The number of carboxylic acids is 3. The van der Waals surface area contributed by atoms with Gasteiger partial charge in [-0.05, 0) is 12.5 Å². The lowest BCUT2D eigenvalue weighted by atomic mass is 10.1. The molecule has 0 fully saturated rings. The molecule has 1 aromatic carbocycles. The number of rotatable bonds is 8. The molecule has 0 spiro atoms. The Hall–Kier alpha value is -3.27. The molecule has 0 heterocycles. The smallest absolute Gasteiger partial charge is 0.335 e. The first-order valence-corrected chi connectivity index (χ1v) is 8.06. The average molecular weight is 412 g/mol. The molecule has 9 heteroatoms. The van der Waals surface area contributed by atoms with Gasteiger partial charge in [-0.15, -0.1) is 0 Å². The standard InChI is InChI=1S/C9H8O2.C4H10O3.C4H6O2.C3H4O2/c1-7(9(10)11)8-5-3-2-4-6-8;5-1-3-7-4-2-6;1-3(2)4(5)6;1-2-3(4)5/h2-6H,1H2,(H,10,11);5-6H,1-4H2;1H2,2H3,(H,5,6);2H,1H2,(H,4,5). The molecule has 0 radical (unpaired) electrons. The number of carboxylic acid groups (broad SMARTS) is 3. The lowest BCUT2D eigenvalue weighted by Gasteiger charge is -1.97. The van der Waals surface area contributed by atoms with E-state index in [-0.39, 0.29) is 24.4 Å². The van der Waals surface area contributed by atoms with Crippen LogP contribution in [0.5, 0.6) is 0 Å². The summed E-state index contributed by atoms with van der Waals surface area (Å²) in [4.78, 5) is 29.2. The second kappa shape index (κ2) is 21.0. The summed E-state index contributed by atoms with van der Waals surface area (Å²) < 4.78 is 4.63. The summed E-state index contributed by atoms with van der Waals surface area (Å²) in [5.74, 6) is -2.89. The second-order valence-corrected chi connectivity index (χ2v) is 4.84. The van der Waals surface area contributed by atoms with Crippen molar-refractivity contribution < 1.29 is 44.7 Å². The summed E-state index contributed by atoms with van der Waals surface area (Å²) >= 11 is 0. The zero-order chi connectivity index (χ0) is 23.2. The monoisotopic (exact) mass is 412 g/mol. The fourth-order valence-electron chi connectivity index (χ4n) is 0.994. The lowest BCUT2D eigenvalue weighted by Crippen LogP contribution is -2.03. The van der Waals surface area contributed by atoms with Crippen molar-refractivity contribution in [2.45, 2.75) is 6.92 Å². The molecule has 0 bridgehead atoms. The molecule has 1 rings (SSSR count). The van der Waals surface area contributed by atoms with E-state index in [1.165, 1.54) is 6.92 Å². The summed E-state index contributed by atoms with van der Waals surface area (Å²) in [5.41, 5.74) is 0.959. The number of hydrogen-bond acceptors (Lipinski definition) is 6. The molecule has 9 nitrogen and oxygen atoms in total. The maximum Gasteiger partial charge on any atom is 0.335 e. The summed E-state index contributed by atoms with van der Waals surface area (Å²) in [6, 6.07) is 8.83. The molecule has 1 aromatic rings. The van der Waals surface area contributed by atoms with Gasteiger partial charge < -0.3 is 30.3 Å². The third-order valence-electron chi connectivity index (χ3n) is 2.39. The fourth-order valence-corrected chi connectivity index (χ4v) is 0.994. The third kappa shape index (κ3) is 24.7. The number of hydrogen-bond donors (Lipinski definition) is 5. The highest BCUT2D eigenvalue weighted by Gasteiger charge is 2.04. The van der Waals surface area contributed by atoms with Crippen LogP contribution in [-0.2, 0) is 19.1 Å². The van der Waals surface area contributed by atoms with Crippen molar-refractivity contribution in [3.05, 3.63) is 67.3 Å². The highest BCUT2D eigenvalue weighted by Crippen LogP contribution is 2.10. The number of aliphatic carboxylic acids is 3. The van der Waals surface area contributed by atoms with E-state index >= 15 is 0 Å². The van der Waals surface area contributed by atoms with Crippen LogP contribution in [-0.4, -0.2) is 69.9 Å². The third-order valence-corrected chi connectivity index (χ3v) is 2.39. The Morgan fingerprint density at radius 2 is 1.31 bits per heavy atom. The van der Waals surface area contributed by atoms with Crippen LogP contribution >= 0.6 is 0 Å². The molecule has 162 valence electrons. The Balaban J connectivity index is -0.000000330. The minimum absolute atomic E-state index is 0.0278. The SMILES string of the molecule is C=C(C(=O)O)c1ccccc1.C=C(C)C(=O)O.C=CC(=O)O.OCCOCCO. The van der Waals surface area contributed by atoms with Gasteiger partial charge in [0.1, 0.15) is 0 Å². The predicted octanol–water partition coefficient (Wildman–Crippen LogP) is 1.68. The van der Waals surface area contributed by atoms with Crippen molar-refractivity contribution in [3.8, 4) is 0 Å². The molecule has 29 heavy (non-hydrogen) atoms. The van der Waals surface area contributed by atoms with E-state index in [2.05, 4.69) is 24.5 Å². The highest BCUT2D eigenvalue weighted by atomic mass is 16.5. The summed E-state index contributed by atoms with van der Waals surface area (Å²) in [7, 11) is 0. The zero-order valence-electron chi connectivity index (χ0n) is 16.3. The number of aliphatic hydroxyl groups is 2. The van der Waals surface area contributed by atoms with Gasteiger partial charge in [-0.1, -0.05) is 50.1 Å². The van der Waals surface area contributed by atoms with Crippen molar-refractivity contribution >= 4 is 23.5 Å². The van der Waals surface area contributed by atoms with Crippen LogP contribution in [0, 0.1) is 0 Å². The van der Waals surface area contributed by atoms with E-state index < -0.39 is 17.9 Å². The molecule has 0 aromatic heterocycles. The molecular weight excluding hydrogens is 384 g/mol. The summed E-state index contributed by atoms with van der Waals surface area (Å²) in [6.45, 7) is 11.7. The molecule has 5 N–H and O–H groups in total. The van der Waals surface area contributed by atoms with Crippen molar-refractivity contribution in [1.29, 1.82) is 0 Å². The van der Waals surface area contributed by atoms with E-state index in [0.717, 1.165) is 6.08 Å². The van der Waals surface area contributed by atoms with Crippen molar-refractivity contribution in [2.24, 2.45) is 0 Å². The van der Waals surface area contributed by atoms with Crippen LogP contribution in [0.4, 0.5) is 0 Å². The van der Waals surface area contributed by atoms with Crippen LogP contribution in [0.1, 0.15) is 12.5 Å². The van der Waals surface area contributed by atoms with Gasteiger partial charge in [0.25, 0.3) is 0 Å². The van der Waals surface area contributed by atoms with Crippen molar-refractivity contribution in [1.82, 2.24) is 0 Å². The van der Waals surface area contributed by atoms with Gasteiger partial charge in [0.05, 0.1) is 32.0 Å². The van der Waals surface area contributed by atoms with Gasteiger partial charge in [-0.3, -0.25) is 0 Å². The normalized spacial score (nSPS) is 8.38. The quantitative estimate of drug-likeness (QED) is 0.316. The van der Waals surface area contributed by atoms with Crippen LogP contribution in [0.15, 0.2) is 61.7 Å². The molecule has 0 aliphatic heterocycles. The van der Waals surface area contributed by atoms with Crippen LogP contribution < -0.4 is 0 Å². The Morgan fingerprint density at radius 1 is 0.931 bits per heavy atom. The molecule has 0 saturated heterocycles. The number of aliphatic hydroxyl groups excluding tert-OH is 2. The van der Waals surface area contributed by atoms with Crippen molar-refractivity contribution in [2.75, 3.05) is 26.4 Å².